The van der Waals surface area contributed by atoms with E-state index in [0.717, 1.165) is 5.56 Å². The summed E-state index contributed by atoms with van der Waals surface area (Å²) in [5.74, 6) is -1.00. The van der Waals surface area contributed by atoms with Gasteiger partial charge in [-0.25, -0.2) is 4.79 Å². The second-order valence-corrected chi connectivity index (χ2v) is 7.66. The molecule has 33 heavy (non-hydrogen) atoms. The molecular weight excluding hydrogens is 442 g/mol. The van der Waals surface area contributed by atoms with E-state index >= 15 is 0 Å². The Morgan fingerprint density at radius 2 is 1.76 bits per heavy atom. The van der Waals surface area contributed by atoms with Crippen molar-refractivity contribution >= 4 is 29.2 Å². The van der Waals surface area contributed by atoms with E-state index in [1.807, 2.05) is 54.6 Å². The number of hydrogen-bond donors (Lipinski definition) is 2. The van der Waals surface area contributed by atoms with Gasteiger partial charge in [-0.2, -0.15) is 5.10 Å². The minimum Gasteiger partial charge on any atom is -0.488 e. The highest BCUT2D eigenvalue weighted by Crippen LogP contribution is 2.33. The van der Waals surface area contributed by atoms with Gasteiger partial charge in [0.05, 0.1) is 28.0 Å². The first-order chi connectivity index (χ1) is 15.9. The van der Waals surface area contributed by atoms with Gasteiger partial charge in [-0.1, -0.05) is 54.1 Å². The molecule has 0 saturated heterocycles. The van der Waals surface area contributed by atoms with E-state index in [9.17, 15) is 14.7 Å². The first-order valence-corrected chi connectivity index (χ1v) is 10.4. The number of carboxylic acids is 1. The molecule has 0 bridgehead atoms. The lowest BCUT2D eigenvalue weighted by atomic mass is 10.1. The second kappa shape index (κ2) is 9.58. The predicted molar refractivity (Wildman–Crippen MR) is 126 cm³/mol. The first kappa shape index (κ1) is 22.1. The Hall–Kier alpha value is -4.10. The maximum atomic E-state index is 13.1. The molecule has 7 nitrogen and oxygen atoms in total. The molecule has 0 aliphatic rings. The third-order valence-corrected chi connectivity index (χ3v) is 5.35. The number of carbonyl (C=O) groups excluding carboxylic acids is 1. The van der Waals surface area contributed by atoms with Crippen molar-refractivity contribution in [2.45, 2.75) is 6.61 Å². The minimum atomic E-state index is -1.18. The van der Waals surface area contributed by atoms with E-state index in [-0.39, 0.29) is 10.6 Å². The second-order valence-electron chi connectivity index (χ2n) is 7.25. The number of aromatic nitrogens is 2. The topological polar surface area (TPSA) is 93.5 Å². The normalized spacial score (nSPS) is 10.6. The summed E-state index contributed by atoms with van der Waals surface area (Å²) >= 11 is 5.92. The van der Waals surface area contributed by atoms with Gasteiger partial charge in [0.25, 0.3) is 5.91 Å². The summed E-state index contributed by atoms with van der Waals surface area (Å²) in [6.07, 6.45) is 1.46. The van der Waals surface area contributed by atoms with Crippen LogP contribution in [0.3, 0.4) is 0 Å². The number of carboxylic acid groups (broad SMARTS) is 1. The van der Waals surface area contributed by atoms with Crippen LogP contribution in [0.4, 0.5) is 5.69 Å². The Morgan fingerprint density at radius 1 is 1.03 bits per heavy atom. The summed E-state index contributed by atoms with van der Waals surface area (Å²) in [4.78, 5) is 24.4. The van der Waals surface area contributed by atoms with Crippen molar-refractivity contribution in [1.29, 1.82) is 0 Å². The molecule has 2 N–H and O–H groups in total. The van der Waals surface area contributed by atoms with E-state index in [1.165, 1.54) is 18.3 Å². The number of anilines is 1. The quantitative estimate of drug-likeness (QED) is 0.391. The monoisotopic (exact) mass is 461 g/mol. The molecule has 0 aliphatic heterocycles. The zero-order valence-corrected chi connectivity index (χ0v) is 18.4. The summed E-state index contributed by atoms with van der Waals surface area (Å²) in [6, 6.07) is 21.5. The van der Waals surface area contributed by atoms with E-state index in [4.69, 9.17) is 16.3 Å². The Bertz CT molecular complexity index is 1320. The summed E-state index contributed by atoms with van der Waals surface area (Å²) in [6.45, 7) is 0.375. The zero-order chi connectivity index (χ0) is 23.4. The van der Waals surface area contributed by atoms with Crippen molar-refractivity contribution < 1.29 is 19.4 Å². The van der Waals surface area contributed by atoms with Crippen LogP contribution in [0.5, 0.6) is 5.75 Å². The summed E-state index contributed by atoms with van der Waals surface area (Å²) in [5.41, 5.74) is 2.84. The maximum Gasteiger partial charge on any atom is 0.337 e. The lowest BCUT2D eigenvalue weighted by molar-refractivity contribution is 0.0696. The van der Waals surface area contributed by atoms with Crippen LogP contribution in [-0.2, 0) is 13.7 Å². The number of amides is 1. The van der Waals surface area contributed by atoms with Gasteiger partial charge in [-0.05, 0) is 35.9 Å². The highest BCUT2D eigenvalue weighted by atomic mass is 35.5. The average Bonchev–Trinajstić information content (AvgIpc) is 3.21. The molecule has 0 aliphatic carbocycles. The molecule has 1 amide bonds. The first-order valence-electron chi connectivity index (χ1n) is 10.1. The molecule has 3 aromatic carbocycles. The summed E-state index contributed by atoms with van der Waals surface area (Å²) < 4.78 is 7.66. The van der Waals surface area contributed by atoms with Gasteiger partial charge < -0.3 is 15.2 Å². The number of aryl methyl sites for hydroxylation is 1. The standard InChI is InChI=1S/C25H20ClN3O4/c1-29-23(18-9-5-6-10-22(18)33-15-16-7-3-2-4-8-16)20(14-27-29)24(30)28-17-11-12-21(26)19(13-17)25(31)32/h2-14H,15H2,1H3,(H,28,30)(H,31,32). The van der Waals surface area contributed by atoms with Gasteiger partial charge in [-0.15, -0.1) is 0 Å². The number of rotatable bonds is 7. The van der Waals surface area contributed by atoms with Crippen LogP contribution >= 0.6 is 11.6 Å². The number of para-hydroxylation sites is 1. The number of carbonyl (C=O) groups is 2. The van der Waals surface area contributed by atoms with E-state index in [1.54, 1.807) is 17.8 Å². The molecule has 166 valence electrons. The van der Waals surface area contributed by atoms with Gasteiger partial charge in [-0.3, -0.25) is 9.48 Å². The third kappa shape index (κ3) is 4.88. The molecular formula is C25H20ClN3O4. The number of ether oxygens (including phenoxy) is 1. The van der Waals surface area contributed by atoms with Crippen LogP contribution in [0, 0.1) is 0 Å². The van der Waals surface area contributed by atoms with Crippen molar-refractivity contribution in [3.8, 4) is 17.0 Å². The van der Waals surface area contributed by atoms with Crippen molar-refractivity contribution in [3.05, 3.63) is 101 Å². The van der Waals surface area contributed by atoms with Crippen molar-refractivity contribution in [2.24, 2.45) is 7.05 Å². The van der Waals surface area contributed by atoms with Crippen LogP contribution in [0.2, 0.25) is 5.02 Å². The van der Waals surface area contributed by atoms with Gasteiger partial charge in [0.15, 0.2) is 0 Å². The fourth-order valence-electron chi connectivity index (χ4n) is 3.41. The number of nitrogens with one attached hydrogen (secondary N) is 1. The lowest BCUT2D eigenvalue weighted by Gasteiger charge is -2.14. The molecule has 1 heterocycles. The number of benzene rings is 3. The molecule has 8 heteroatoms. The Labute approximate surface area is 195 Å². The van der Waals surface area contributed by atoms with Crippen molar-refractivity contribution in [3.63, 3.8) is 0 Å². The molecule has 4 rings (SSSR count). The molecule has 1 aromatic heterocycles. The summed E-state index contributed by atoms with van der Waals surface area (Å²) in [5, 5.41) is 16.4. The molecule has 0 radical (unpaired) electrons. The molecule has 0 fully saturated rings. The average molecular weight is 462 g/mol. The number of nitrogens with zero attached hydrogens (tertiary/aromatic N) is 2. The fourth-order valence-corrected chi connectivity index (χ4v) is 3.61. The minimum absolute atomic E-state index is 0.0899. The molecule has 0 unspecified atom stereocenters. The van der Waals surface area contributed by atoms with Crippen LogP contribution < -0.4 is 10.1 Å². The van der Waals surface area contributed by atoms with Gasteiger partial charge in [0, 0.05) is 18.3 Å². The molecule has 0 spiro atoms. The Kier molecular flexibility index (Phi) is 6.42. The van der Waals surface area contributed by atoms with E-state index in [0.29, 0.717) is 34.9 Å². The molecule has 0 saturated carbocycles. The SMILES string of the molecule is Cn1ncc(C(=O)Nc2ccc(Cl)c(C(=O)O)c2)c1-c1ccccc1OCc1ccccc1. The highest BCUT2D eigenvalue weighted by molar-refractivity contribution is 6.33. The molecule has 0 atom stereocenters. The number of hydrogen-bond acceptors (Lipinski definition) is 4. The van der Waals surface area contributed by atoms with Gasteiger partial charge in [0.1, 0.15) is 12.4 Å². The van der Waals surface area contributed by atoms with Crippen molar-refractivity contribution in [1.82, 2.24) is 9.78 Å². The maximum absolute atomic E-state index is 13.1. The van der Waals surface area contributed by atoms with E-state index in [2.05, 4.69) is 10.4 Å². The smallest absolute Gasteiger partial charge is 0.337 e. The number of halogens is 1. The predicted octanol–water partition coefficient (Wildman–Crippen LogP) is 5.27. The summed E-state index contributed by atoms with van der Waals surface area (Å²) in [7, 11) is 1.74. The van der Waals surface area contributed by atoms with Gasteiger partial charge >= 0.3 is 5.97 Å². The van der Waals surface area contributed by atoms with Crippen LogP contribution in [0.25, 0.3) is 11.3 Å². The van der Waals surface area contributed by atoms with Crippen LogP contribution in [0.1, 0.15) is 26.3 Å². The number of aromatic carboxylic acids is 1. The Morgan fingerprint density at radius 3 is 2.52 bits per heavy atom. The van der Waals surface area contributed by atoms with Crippen LogP contribution in [-0.4, -0.2) is 26.8 Å². The van der Waals surface area contributed by atoms with E-state index < -0.39 is 11.9 Å². The van der Waals surface area contributed by atoms with Crippen molar-refractivity contribution in [2.75, 3.05) is 5.32 Å². The zero-order valence-electron chi connectivity index (χ0n) is 17.7. The fraction of sp³-hybridized carbons (Fsp3) is 0.0800. The largest absolute Gasteiger partial charge is 0.488 e. The third-order valence-electron chi connectivity index (χ3n) is 5.02. The Balaban J connectivity index is 1.63. The van der Waals surface area contributed by atoms with Gasteiger partial charge in [0.2, 0.25) is 0 Å². The highest BCUT2D eigenvalue weighted by Gasteiger charge is 2.21. The van der Waals surface area contributed by atoms with Crippen LogP contribution in [0.15, 0.2) is 79.0 Å². The lowest BCUT2D eigenvalue weighted by Crippen LogP contribution is -2.14. The molecule has 4 aromatic rings.